The summed E-state index contributed by atoms with van der Waals surface area (Å²) in [5.41, 5.74) is 10.3. The van der Waals surface area contributed by atoms with Crippen molar-refractivity contribution in [2.24, 2.45) is 0 Å². The van der Waals surface area contributed by atoms with Crippen molar-refractivity contribution < 1.29 is 9.53 Å². The number of halogens is 2. The molecule has 0 radical (unpaired) electrons. The van der Waals surface area contributed by atoms with Crippen molar-refractivity contribution in [2.45, 2.75) is 26.2 Å². The Hall–Kier alpha value is -2.70. The maximum Gasteiger partial charge on any atom is 0.425 e. The zero-order chi connectivity index (χ0) is 22.3. The lowest BCUT2D eigenvalue weighted by atomic mass is 9.84. The maximum atomic E-state index is 11.7. The third-order valence-corrected chi connectivity index (χ3v) is 5.96. The van der Waals surface area contributed by atoms with E-state index >= 15 is 0 Å². The van der Waals surface area contributed by atoms with Gasteiger partial charge in [0.05, 0.1) is 12.8 Å². The van der Waals surface area contributed by atoms with Gasteiger partial charge in [0.2, 0.25) is 0 Å². The molecule has 1 heterocycles. The van der Waals surface area contributed by atoms with Crippen molar-refractivity contribution in [2.75, 3.05) is 12.5 Å². The smallest absolute Gasteiger partial charge is 0.425 e. The van der Waals surface area contributed by atoms with Crippen LogP contribution >= 0.6 is 27.5 Å². The molecular formula is C24H23BrClN3O2. The topological polar surface area (TPSA) is 66.2 Å². The summed E-state index contributed by atoms with van der Waals surface area (Å²) >= 11 is 9.96. The molecule has 3 N–H and O–H groups in total. The molecule has 1 aromatic heterocycles. The Bertz CT molecular complexity index is 1310. The predicted molar refractivity (Wildman–Crippen MR) is 132 cm³/mol. The molecule has 0 atom stereocenters. The van der Waals surface area contributed by atoms with E-state index in [9.17, 15) is 4.79 Å². The van der Waals surface area contributed by atoms with Gasteiger partial charge in [-0.05, 0) is 47.2 Å². The minimum Gasteiger partial charge on any atom is -0.452 e. The number of fused-ring (bicyclic) bond motifs is 2. The Balaban J connectivity index is 2.10. The lowest BCUT2D eigenvalue weighted by Gasteiger charge is -2.22. The van der Waals surface area contributed by atoms with Gasteiger partial charge in [-0.25, -0.2) is 10.2 Å². The number of benzene rings is 3. The summed E-state index contributed by atoms with van der Waals surface area (Å²) < 4.78 is 5.72. The van der Waals surface area contributed by atoms with Gasteiger partial charge in [0.15, 0.2) is 0 Å². The summed E-state index contributed by atoms with van der Waals surface area (Å²) in [5, 5.41) is 3.81. The highest BCUT2D eigenvalue weighted by atomic mass is 79.9. The lowest BCUT2D eigenvalue weighted by molar-refractivity contribution is 0.173. The van der Waals surface area contributed by atoms with Gasteiger partial charge in [-0.3, -0.25) is 5.43 Å². The standard InChI is InChI=1S/C24H23BrClN3O2/c1-24(2,3)22-21(17-12-15(26)7-10-18(17)27-22)20-16-8-6-14(25)11-13(16)5-9-19(20)28-29-23(30)31-4/h5-12,27-28H,1-4H3,(H,29,30). The van der Waals surface area contributed by atoms with Crippen LogP contribution in [0.5, 0.6) is 0 Å². The Morgan fingerprint density at radius 1 is 1.03 bits per heavy atom. The average Bonchev–Trinajstić information content (AvgIpc) is 3.10. The van der Waals surface area contributed by atoms with E-state index in [4.69, 9.17) is 16.3 Å². The van der Waals surface area contributed by atoms with E-state index < -0.39 is 6.09 Å². The van der Waals surface area contributed by atoms with E-state index in [1.807, 2.05) is 36.4 Å². The Kier molecular flexibility index (Phi) is 5.62. The Morgan fingerprint density at radius 2 is 1.81 bits per heavy atom. The molecule has 0 saturated carbocycles. The van der Waals surface area contributed by atoms with E-state index in [0.717, 1.165) is 48.7 Å². The van der Waals surface area contributed by atoms with Gasteiger partial charge in [-0.1, -0.05) is 60.4 Å². The number of hydrogen-bond acceptors (Lipinski definition) is 3. The molecule has 0 bridgehead atoms. The second kappa shape index (κ2) is 8.09. The number of aromatic amines is 1. The number of ether oxygens (including phenoxy) is 1. The van der Waals surface area contributed by atoms with Crippen LogP contribution in [0.25, 0.3) is 32.8 Å². The summed E-state index contributed by atoms with van der Waals surface area (Å²) in [4.78, 5) is 15.4. The lowest BCUT2D eigenvalue weighted by Crippen LogP contribution is -2.29. The molecule has 0 saturated heterocycles. The van der Waals surface area contributed by atoms with Crippen LogP contribution in [0.4, 0.5) is 10.5 Å². The largest absolute Gasteiger partial charge is 0.452 e. The minimum atomic E-state index is -0.570. The van der Waals surface area contributed by atoms with Gasteiger partial charge in [0.25, 0.3) is 0 Å². The van der Waals surface area contributed by atoms with Gasteiger partial charge < -0.3 is 9.72 Å². The van der Waals surface area contributed by atoms with Crippen LogP contribution in [0.15, 0.2) is 53.0 Å². The normalized spacial score (nSPS) is 11.7. The monoisotopic (exact) mass is 499 g/mol. The molecule has 4 aromatic rings. The fourth-order valence-electron chi connectivity index (χ4n) is 3.83. The first-order chi connectivity index (χ1) is 14.7. The number of carbonyl (C=O) groups excluding carboxylic acids is 1. The highest BCUT2D eigenvalue weighted by Gasteiger charge is 2.26. The number of amides is 1. The first kappa shape index (κ1) is 21.5. The van der Waals surface area contributed by atoms with Crippen molar-refractivity contribution in [1.29, 1.82) is 0 Å². The second-order valence-corrected chi connectivity index (χ2v) is 9.76. The average molecular weight is 501 g/mol. The molecule has 0 aliphatic heterocycles. The zero-order valence-corrected chi connectivity index (χ0v) is 20.0. The molecule has 1 amide bonds. The van der Waals surface area contributed by atoms with Crippen LogP contribution < -0.4 is 10.9 Å². The first-order valence-corrected chi connectivity index (χ1v) is 11.0. The van der Waals surface area contributed by atoms with Crippen molar-refractivity contribution in [3.63, 3.8) is 0 Å². The van der Waals surface area contributed by atoms with Crippen LogP contribution in [-0.2, 0) is 10.2 Å². The van der Waals surface area contributed by atoms with Crippen LogP contribution in [-0.4, -0.2) is 18.2 Å². The molecule has 4 rings (SSSR count). The van der Waals surface area contributed by atoms with Gasteiger partial charge in [0, 0.05) is 42.6 Å². The predicted octanol–water partition coefficient (Wildman–Crippen LogP) is 7.38. The number of rotatable bonds is 3. The van der Waals surface area contributed by atoms with Crippen LogP contribution in [0.2, 0.25) is 5.02 Å². The summed E-state index contributed by atoms with van der Waals surface area (Å²) in [6.45, 7) is 6.51. The molecule has 0 aliphatic rings. The molecule has 3 aromatic carbocycles. The highest BCUT2D eigenvalue weighted by molar-refractivity contribution is 9.10. The summed E-state index contributed by atoms with van der Waals surface area (Å²) in [5.74, 6) is 0. The fraction of sp³-hybridized carbons (Fsp3) is 0.208. The fourth-order valence-corrected chi connectivity index (χ4v) is 4.38. The van der Waals surface area contributed by atoms with Crippen LogP contribution in [0.3, 0.4) is 0 Å². The van der Waals surface area contributed by atoms with Crippen molar-refractivity contribution in [3.05, 3.63) is 63.7 Å². The summed E-state index contributed by atoms with van der Waals surface area (Å²) in [6, 6.07) is 16.0. The number of carbonyl (C=O) groups is 1. The quantitative estimate of drug-likeness (QED) is 0.257. The SMILES string of the molecule is COC(=O)NNc1ccc2cc(Br)ccc2c1-c1c(C(C)(C)C)[nH]c2ccc(Cl)cc12. The molecule has 31 heavy (non-hydrogen) atoms. The van der Waals surface area contributed by atoms with Crippen LogP contribution in [0, 0.1) is 0 Å². The van der Waals surface area contributed by atoms with Gasteiger partial charge in [-0.2, -0.15) is 0 Å². The molecule has 0 unspecified atom stereocenters. The molecule has 7 heteroatoms. The second-order valence-electron chi connectivity index (χ2n) is 8.41. The first-order valence-electron chi connectivity index (χ1n) is 9.83. The number of nitrogens with one attached hydrogen (secondary N) is 3. The van der Waals surface area contributed by atoms with E-state index in [1.165, 1.54) is 7.11 Å². The maximum absolute atomic E-state index is 11.7. The van der Waals surface area contributed by atoms with E-state index in [1.54, 1.807) is 0 Å². The number of methoxy groups -OCH3 is 1. The van der Waals surface area contributed by atoms with E-state index in [0.29, 0.717) is 5.02 Å². The number of anilines is 1. The molecule has 5 nitrogen and oxygen atoms in total. The highest BCUT2D eigenvalue weighted by Crippen LogP contribution is 2.45. The summed E-state index contributed by atoms with van der Waals surface area (Å²) in [7, 11) is 1.33. The Morgan fingerprint density at radius 3 is 2.52 bits per heavy atom. The molecule has 0 spiro atoms. The van der Waals surface area contributed by atoms with Crippen molar-refractivity contribution >= 4 is 61.0 Å². The van der Waals surface area contributed by atoms with Gasteiger partial charge in [0.1, 0.15) is 0 Å². The number of hydrazine groups is 1. The van der Waals surface area contributed by atoms with Gasteiger partial charge >= 0.3 is 6.09 Å². The molecule has 0 fully saturated rings. The molecule has 0 aliphatic carbocycles. The zero-order valence-electron chi connectivity index (χ0n) is 17.7. The number of hydrogen-bond donors (Lipinski definition) is 3. The number of aromatic nitrogens is 1. The van der Waals surface area contributed by atoms with Crippen LogP contribution in [0.1, 0.15) is 26.5 Å². The summed E-state index contributed by atoms with van der Waals surface area (Å²) in [6.07, 6.45) is -0.570. The molecular weight excluding hydrogens is 478 g/mol. The minimum absolute atomic E-state index is 0.161. The number of H-pyrrole nitrogens is 1. The van der Waals surface area contributed by atoms with Crippen molar-refractivity contribution in [3.8, 4) is 11.1 Å². The third-order valence-electron chi connectivity index (χ3n) is 5.23. The molecule has 160 valence electrons. The Labute approximate surface area is 194 Å². The van der Waals surface area contributed by atoms with Crippen molar-refractivity contribution in [1.82, 2.24) is 10.4 Å². The van der Waals surface area contributed by atoms with E-state index in [2.05, 4.69) is 64.7 Å². The van der Waals surface area contributed by atoms with Gasteiger partial charge in [-0.15, -0.1) is 0 Å². The van der Waals surface area contributed by atoms with E-state index in [-0.39, 0.29) is 5.41 Å². The third kappa shape index (κ3) is 4.10.